The maximum Gasteiger partial charge on any atom is 0.128 e. The molecule has 19 heavy (non-hydrogen) atoms. The fraction of sp³-hybridized carbons (Fsp3) is 0.143. The molecule has 0 amide bonds. The van der Waals surface area contributed by atoms with Gasteiger partial charge < -0.3 is 5.73 Å². The van der Waals surface area contributed by atoms with Gasteiger partial charge in [0.2, 0.25) is 0 Å². The van der Waals surface area contributed by atoms with Crippen LogP contribution in [0.3, 0.4) is 0 Å². The zero-order valence-electron chi connectivity index (χ0n) is 10.1. The first-order valence-electron chi connectivity index (χ1n) is 5.56. The van der Waals surface area contributed by atoms with Gasteiger partial charge in [-0.1, -0.05) is 17.7 Å². The molecule has 100 valence electrons. The van der Waals surface area contributed by atoms with Crippen molar-refractivity contribution in [3.63, 3.8) is 0 Å². The van der Waals surface area contributed by atoms with Crippen molar-refractivity contribution < 1.29 is 8.78 Å². The van der Waals surface area contributed by atoms with E-state index in [2.05, 4.69) is 22.6 Å². The van der Waals surface area contributed by atoms with Crippen molar-refractivity contribution in [2.75, 3.05) is 0 Å². The molecule has 0 spiro atoms. The molecule has 0 saturated heterocycles. The van der Waals surface area contributed by atoms with Crippen molar-refractivity contribution in [1.29, 1.82) is 0 Å². The monoisotopic (exact) mass is 393 g/mol. The van der Waals surface area contributed by atoms with Crippen LogP contribution < -0.4 is 5.73 Å². The highest BCUT2D eigenvalue weighted by Gasteiger charge is 2.16. The molecule has 2 aromatic carbocycles. The van der Waals surface area contributed by atoms with E-state index in [9.17, 15) is 8.78 Å². The molecule has 0 aromatic heterocycles. The molecule has 0 aliphatic rings. The predicted molar refractivity (Wildman–Crippen MR) is 81.3 cm³/mol. The topological polar surface area (TPSA) is 26.0 Å². The van der Waals surface area contributed by atoms with Crippen LogP contribution in [0, 0.1) is 22.1 Å². The summed E-state index contributed by atoms with van der Waals surface area (Å²) in [6, 6.07) is 6.77. The lowest BCUT2D eigenvalue weighted by Gasteiger charge is -2.15. The van der Waals surface area contributed by atoms with Crippen molar-refractivity contribution in [3.05, 3.63) is 67.2 Å². The number of hydrogen-bond donors (Lipinski definition) is 1. The number of aryl methyl sites for hydroxylation is 1. The molecule has 2 rings (SSSR count). The van der Waals surface area contributed by atoms with Crippen molar-refractivity contribution in [3.8, 4) is 0 Å². The highest BCUT2D eigenvalue weighted by molar-refractivity contribution is 14.1. The maximum absolute atomic E-state index is 13.9. The number of halogens is 4. The molecular weight excluding hydrogens is 383 g/mol. The van der Waals surface area contributed by atoms with Crippen LogP contribution in [-0.4, -0.2) is 0 Å². The Morgan fingerprint density at radius 2 is 1.84 bits per heavy atom. The average molecular weight is 394 g/mol. The Morgan fingerprint density at radius 3 is 2.47 bits per heavy atom. The summed E-state index contributed by atoms with van der Waals surface area (Å²) in [7, 11) is 0. The van der Waals surface area contributed by atoms with Gasteiger partial charge in [-0.15, -0.1) is 0 Å². The minimum Gasteiger partial charge on any atom is -0.320 e. The summed E-state index contributed by atoms with van der Waals surface area (Å²) in [6.07, 6.45) is 0. The quantitative estimate of drug-likeness (QED) is 0.743. The van der Waals surface area contributed by atoms with Crippen molar-refractivity contribution in [1.82, 2.24) is 0 Å². The van der Waals surface area contributed by atoms with Crippen molar-refractivity contribution >= 4 is 34.2 Å². The van der Waals surface area contributed by atoms with E-state index in [-0.39, 0.29) is 11.1 Å². The number of rotatable bonds is 2. The minimum atomic E-state index is -0.746. The molecule has 0 fully saturated rings. The molecule has 5 heteroatoms. The zero-order valence-corrected chi connectivity index (χ0v) is 13.0. The van der Waals surface area contributed by atoms with E-state index in [0.717, 1.165) is 15.7 Å². The molecule has 0 aliphatic heterocycles. The third-order valence-electron chi connectivity index (χ3n) is 2.92. The number of benzene rings is 2. The molecular formula is C14H11ClF2IN. The van der Waals surface area contributed by atoms with Crippen LogP contribution in [0.5, 0.6) is 0 Å². The number of hydrogen-bond acceptors (Lipinski definition) is 1. The molecule has 1 nitrogen and oxygen atoms in total. The lowest BCUT2D eigenvalue weighted by Crippen LogP contribution is -2.14. The Hall–Kier alpha value is -0.720. The molecule has 0 bridgehead atoms. The van der Waals surface area contributed by atoms with E-state index in [4.69, 9.17) is 17.3 Å². The van der Waals surface area contributed by atoms with Gasteiger partial charge in [-0.25, -0.2) is 8.78 Å². The van der Waals surface area contributed by atoms with Crippen molar-refractivity contribution in [2.24, 2.45) is 5.73 Å². The van der Waals surface area contributed by atoms with Crippen LogP contribution in [-0.2, 0) is 0 Å². The molecule has 0 saturated carbocycles. The van der Waals surface area contributed by atoms with Gasteiger partial charge in [0.15, 0.2) is 0 Å². The first-order chi connectivity index (χ1) is 8.90. The van der Waals surface area contributed by atoms with Gasteiger partial charge in [-0.05, 0) is 64.9 Å². The SMILES string of the molecule is Cc1cc(F)c(C(N)c2ccc(I)c(Cl)c2)cc1F. The summed E-state index contributed by atoms with van der Waals surface area (Å²) in [5.41, 5.74) is 7.02. The first-order valence-corrected chi connectivity index (χ1v) is 7.02. The van der Waals surface area contributed by atoms with E-state index >= 15 is 0 Å². The van der Waals surface area contributed by atoms with Gasteiger partial charge in [0.05, 0.1) is 11.1 Å². The van der Waals surface area contributed by atoms with Gasteiger partial charge in [0, 0.05) is 9.13 Å². The van der Waals surface area contributed by atoms with Gasteiger partial charge >= 0.3 is 0 Å². The fourth-order valence-corrected chi connectivity index (χ4v) is 2.31. The summed E-state index contributed by atoms with van der Waals surface area (Å²) in [4.78, 5) is 0. The molecule has 0 radical (unpaired) electrons. The van der Waals surface area contributed by atoms with Crippen LogP contribution in [0.15, 0.2) is 30.3 Å². The minimum absolute atomic E-state index is 0.125. The standard InChI is InChI=1S/C14H11ClF2IN/c1-7-4-12(17)9(6-11(7)16)14(19)8-2-3-13(18)10(15)5-8/h2-6,14H,19H2,1H3. The second-order valence-electron chi connectivity index (χ2n) is 4.27. The van der Waals surface area contributed by atoms with Crippen LogP contribution in [0.25, 0.3) is 0 Å². The summed E-state index contributed by atoms with van der Waals surface area (Å²) in [6.45, 7) is 1.51. The van der Waals surface area contributed by atoms with Crippen molar-refractivity contribution in [2.45, 2.75) is 13.0 Å². The number of nitrogens with two attached hydrogens (primary N) is 1. The summed E-state index contributed by atoms with van der Waals surface area (Å²) >= 11 is 8.10. The van der Waals surface area contributed by atoms with E-state index in [1.807, 2.05) is 0 Å². The van der Waals surface area contributed by atoms with Crippen LogP contribution in [0.4, 0.5) is 8.78 Å². The second kappa shape index (κ2) is 5.73. The van der Waals surface area contributed by atoms with Crippen LogP contribution in [0.2, 0.25) is 5.02 Å². The first kappa shape index (κ1) is 14.7. The van der Waals surface area contributed by atoms with E-state index in [1.165, 1.54) is 6.92 Å². The largest absolute Gasteiger partial charge is 0.320 e. The Labute approximate surface area is 128 Å². The van der Waals surface area contributed by atoms with Gasteiger partial charge in [-0.3, -0.25) is 0 Å². The Kier molecular flexibility index (Phi) is 4.43. The fourth-order valence-electron chi connectivity index (χ4n) is 1.79. The molecule has 1 unspecified atom stereocenters. The van der Waals surface area contributed by atoms with Gasteiger partial charge in [0.25, 0.3) is 0 Å². The van der Waals surface area contributed by atoms with Crippen LogP contribution >= 0.6 is 34.2 Å². The lowest BCUT2D eigenvalue weighted by atomic mass is 9.98. The molecule has 2 N–H and O–H groups in total. The van der Waals surface area contributed by atoms with E-state index < -0.39 is 17.7 Å². The summed E-state index contributed by atoms with van der Waals surface area (Å²) < 4.78 is 28.3. The molecule has 2 aromatic rings. The van der Waals surface area contributed by atoms with Gasteiger partial charge in [-0.2, -0.15) is 0 Å². The predicted octanol–water partition coefficient (Wildman–Crippen LogP) is 4.58. The third kappa shape index (κ3) is 3.07. The molecule has 0 aliphatic carbocycles. The second-order valence-corrected chi connectivity index (χ2v) is 5.84. The lowest BCUT2D eigenvalue weighted by molar-refractivity contribution is 0.570. The normalized spacial score (nSPS) is 12.5. The Balaban J connectivity index is 2.46. The van der Waals surface area contributed by atoms with E-state index in [1.54, 1.807) is 18.2 Å². The maximum atomic E-state index is 13.9. The zero-order chi connectivity index (χ0) is 14.2. The Morgan fingerprint density at radius 1 is 1.16 bits per heavy atom. The highest BCUT2D eigenvalue weighted by Crippen LogP contribution is 2.28. The average Bonchev–Trinajstić information content (AvgIpc) is 2.36. The third-order valence-corrected chi connectivity index (χ3v) is 4.49. The molecule has 0 heterocycles. The summed E-state index contributed by atoms with van der Waals surface area (Å²) in [5.74, 6) is -0.982. The van der Waals surface area contributed by atoms with Gasteiger partial charge in [0.1, 0.15) is 11.6 Å². The highest BCUT2D eigenvalue weighted by atomic mass is 127. The van der Waals surface area contributed by atoms with E-state index in [0.29, 0.717) is 10.6 Å². The summed E-state index contributed by atoms with van der Waals surface area (Å²) in [5, 5.41) is 0.543. The smallest absolute Gasteiger partial charge is 0.128 e. The molecule has 1 atom stereocenters. The Bertz CT molecular complexity index is 631. The van der Waals surface area contributed by atoms with Crippen LogP contribution in [0.1, 0.15) is 22.7 Å².